The van der Waals surface area contributed by atoms with Gasteiger partial charge in [-0.3, -0.25) is 4.99 Å². The predicted octanol–water partition coefficient (Wildman–Crippen LogP) is 4.18. The number of aromatic nitrogens is 1. The average Bonchev–Trinajstić information content (AvgIpc) is 3.23. The van der Waals surface area contributed by atoms with Crippen molar-refractivity contribution in [3.63, 3.8) is 0 Å². The van der Waals surface area contributed by atoms with Crippen LogP contribution in [0.4, 0.5) is 0 Å². The van der Waals surface area contributed by atoms with E-state index in [4.69, 9.17) is 4.74 Å². The number of methoxy groups -OCH3 is 1. The van der Waals surface area contributed by atoms with Crippen molar-refractivity contribution in [2.75, 3.05) is 7.11 Å². The number of rotatable bonds is 5. The molecule has 0 bridgehead atoms. The highest BCUT2D eigenvalue weighted by Gasteiger charge is 2.09. The Hall–Kier alpha value is -2.38. The Kier molecular flexibility index (Phi) is 5.35. The van der Waals surface area contributed by atoms with E-state index in [0.717, 1.165) is 20.9 Å². The van der Waals surface area contributed by atoms with Gasteiger partial charge in [0.2, 0.25) is 4.80 Å². The first-order valence-electron chi connectivity index (χ1n) is 7.78. The van der Waals surface area contributed by atoms with Crippen LogP contribution in [0.1, 0.15) is 19.4 Å². The summed E-state index contributed by atoms with van der Waals surface area (Å²) < 4.78 is 7.01. The lowest BCUT2D eigenvalue weighted by atomic mass is 10.2. The molecule has 0 saturated carbocycles. The van der Waals surface area contributed by atoms with E-state index < -0.39 is 0 Å². The van der Waals surface area contributed by atoms with Crippen molar-refractivity contribution in [1.82, 2.24) is 4.68 Å². The number of nitrogens with zero attached hydrogens (tertiary/aromatic N) is 3. The molecular weight excluding hydrogens is 354 g/mol. The average molecular weight is 374 g/mol. The van der Waals surface area contributed by atoms with E-state index >= 15 is 0 Å². The third-order valence-electron chi connectivity index (χ3n) is 3.35. The van der Waals surface area contributed by atoms with Crippen LogP contribution in [0.5, 0.6) is 11.5 Å². The van der Waals surface area contributed by atoms with Gasteiger partial charge in [-0.1, -0.05) is 6.07 Å². The molecule has 0 aliphatic rings. The van der Waals surface area contributed by atoms with E-state index in [1.54, 1.807) is 47.1 Å². The van der Waals surface area contributed by atoms with Crippen molar-refractivity contribution in [2.24, 2.45) is 10.1 Å². The Balaban J connectivity index is 2.05. The quantitative estimate of drug-likeness (QED) is 0.682. The van der Waals surface area contributed by atoms with Crippen LogP contribution in [0.25, 0.3) is 10.6 Å². The van der Waals surface area contributed by atoms with Gasteiger partial charge in [0.05, 0.1) is 23.9 Å². The first-order chi connectivity index (χ1) is 12.1. The number of benzene rings is 1. The molecule has 2 aromatic heterocycles. The Bertz CT molecular complexity index is 938. The summed E-state index contributed by atoms with van der Waals surface area (Å²) in [5, 5.41) is 18.5. The Morgan fingerprint density at radius 2 is 2.08 bits per heavy atom. The lowest BCUT2D eigenvalue weighted by molar-refractivity contribution is 0.373. The number of thiophene rings is 1. The molecule has 25 heavy (non-hydrogen) atoms. The normalized spacial score (nSPS) is 12.4. The molecule has 3 aromatic rings. The highest BCUT2D eigenvalue weighted by Crippen LogP contribution is 2.27. The smallest absolute Gasteiger partial charge is 0.206 e. The van der Waals surface area contributed by atoms with Gasteiger partial charge in [0.25, 0.3) is 0 Å². The molecule has 1 N–H and O–H groups in total. The van der Waals surface area contributed by atoms with Crippen molar-refractivity contribution in [1.29, 1.82) is 0 Å². The third-order valence-corrected chi connectivity index (χ3v) is 5.08. The molecule has 5 nitrogen and oxygen atoms in total. The number of phenols is 1. The van der Waals surface area contributed by atoms with Gasteiger partial charge in [0.15, 0.2) is 11.5 Å². The molecule has 0 atom stereocenters. The van der Waals surface area contributed by atoms with Crippen LogP contribution in [0, 0.1) is 0 Å². The fourth-order valence-electron chi connectivity index (χ4n) is 2.21. The molecule has 0 saturated heterocycles. The van der Waals surface area contributed by atoms with E-state index in [1.165, 1.54) is 7.11 Å². The van der Waals surface area contributed by atoms with Crippen LogP contribution in [-0.4, -0.2) is 29.1 Å². The molecule has 0 amide bonds. The van der Waals surface area contributed by atoms with Crippen LogP contribution in [0.3, 0.4) is 0 Å². The summed E-state index contributed by atoms with van der Waals surface area (Å²) in [5.74, 6) is 0.530. The summed E-state index contributed by atoms with van der Waals surface area (Å²) in [6, 6.07) is 9.41. The first-order valence-corrected chi connectivity index (χ1v) is 9.54. The molecule has 0 fully saturated rings. The fraction of sp³-hybridized carbons (Fsp3) is 0.222. The van der Waals surface area contributed by atoms with Crippen LogP contribution in [-0.2, 0) is 0 Å². The van der Waals surface area contributed by atoms with E-state index in [9.17, 15) is 5.11 Å². The third kappa shape index (κ3) is 4.00. The predicted molar refractivity (Wildman–Crippen MR) is 104 cm³/mol. The fourth-order valence-corrected chi connectivity index (χ4v) is 3.98. The highest BCUT2D eigenvalue weighted by molar-refractivity contribution is 7.14. The standard InChI is InChI=1S/C18H19N3O2S2/c1-12(2)20-18-21(14(11-25-18)17-5-4-8-24-17)19-10-13-6-7-15(22)16(9-13)23-3/h4-12,22H,1-3H3. The summed E-state index contributed by atoms with van der Waals surface area (Å²) in [4.78, 5) is 6.65. The lowest BCUT2D eigenvalue weighted by Crippen LogP contribution is -2.14. The van der Waals surface area contributed by atoms with Crippen LogP contribution in [0.15, 0.2) is 51.2 Å². The van der Waals surface area contributed by atoms with Gasteiger partial charge in [-0.05, 0) is 49.1 Å². The molecule has 0 radical (unpaired) electrons. The van der Waals surface area contributed by atoms with Gasteiger partial charge in [0, 0.05) is 11.4 Å². The van der Waals surface area contributed by atoms with Crippen molar-refractivity contribution < 1.29 is 9.84 Å². The minimum atomic E-state index is 0.109. The van der Waals surface area contributed by atoms with Gasteiger partial charge >= 0.3 is 0 Å². The summed E-state index contributed by atoms with van der Waals surface area (Å²) in [6.07, 6.45) is 1.74. The summed E-state index contributed by atoms with van der Waals surface area (Å²) in [7, 11) is 1.53. The first kappa shape index (κ1) is 17.4. The molecular formula is C18H19N3O2S2. The van der Waals surface area contributed by atoms with E-state index in [2.05, 4.69) is 21.5 Å². The molecule has 3 rings (SSSR count). The molecule has 0 spiro atoms. The minimum Gasteiger partial charge on any atom is -0.504 e. The molecule has 130 valence electrons. The van der Waals surface area contributed by atoms with Gasteiger partial charge in [-0.25, -0.2) is 4.68 Å². The zero-order valence-corrected chi connectivity index (χ0v) is 15.8. The lowest BCUT2D eigenvalue weighted by Gasteiger charge is -2.04. The zero-order valence-electron chi connectivity index (χ0n) is 14.2. The Labute approximate surface area is 154 Å². The van der Waals surface area contributed by atoms with Crippen molar-refractivity contribution in [3.8, 4) is 22.1 Å². The molecule has 0 aliphatic heterocycles. The minimum absolute atomic E-state index is 0.109. The highest BCUT2D eigenvalue weighted by atomic mass is 32.1. The second-order valence-corrected chi connectivity index (χ2v) is 7.38. The second kappa shape index (κ2) is 7.67. The number of hydrogen-bond donors (Lipinski definition) is 1. The van der Waals surface area contributed by atoms with Crippen molar-refractivity contribution in [2.45, 2.75) is 19.9 Å². The maximum absolute atomic E-state index is 9.71. The van der Waals surface area contributed by atoms with Crippen LogP contribution < -0.4 is 9.54 Å². The van der Waals surface area contributed by atoms with Crippen molar-refractivity contribution >= 4 is 28.9 Å². The number of aromatic hydroxyl groups is 1. The molecule has 0 aliphatic carbocycles. The zero-order chi connectivity index (χ0) is 17.8. The number of hydrogen-bond acceptors (Lipinski definition) is 6. The Morgan fingerprint density at radius 1 is 1.24 bits per heavy atom. The molecule has 7 heteroatoms. The van der Waals surface area contributed by atoms with Crippen LogP contribution >= 0.6 is 22.7 Å². The second-order valence-electron chi connectivity index (χ2n) is 5.59. The summed E-state index contributed by atoms with van der Waals surface area (Å²) >= 11 is 3.24. The monoisotopic (exact) mass is 373 g/mol. The number of ether oxygens (including phenoxy) is 1. The van der Waals surface area contributed by atoms with Crippen molar-refractivity contribution in [3.05, 3.63) is 51.5 Å². The Morgan fingerprint density at radius 3 is 2.76 bits per heavy atom. The maximum Gasteiger partial charge on any atom is 0.206 e. The van der Waals surface area contributed by atoms with E-state index in [1.807, 2.05) is 30.0 Å². The summed E-state index contributed by atoms with van der Waals surface area (Å²) in [6.45, 7) is 4.09. The van der Waals surface area contributed by atoms with Gasteiger partial charge in [0.1, 0.15) is 0 Å². The van der Waals surface area contributed by atoms with E-state index in [0.29, 0.717) is 5.75 Å². The number of thiazole rings is 1. The SMILES string of the molecule is COc1cc(C=Nn2c(-c3cccs3)csc2=NC(C)C)ccc1O. The molecule has 1 aromatic carbocycles. The van der Waals surface area contributed by atoms with Gasteiger partial charge in [-0.2, -0.15) is 5.10 Å². The molecule has 2 heterocycles. The largest absolute Gasteiger partial charge is 0.504 e. The van der Waals surface area contributed by atoms with Gasteiger partial charge < -0.3 is 9.84 Å². The topological polar surface area (TPSA) is 59.1 Å². The maximum atomic E-state index is 9.71. The molecule has 0 unspecified atom stereocenters. The van der Waals surface area contributed by atoms with Gasteiger partial charge in [-0.15, -0.1) is 22.7 Å². The number of phenolic OH excluding ortho intramolecular Hbond substituents is 1. The van der Waals surface area contributed by atoms with Crippen LogP contribution in [0.2, 0.25) is 0 Å². The summed E-state index contributed by atoms with van der Waals surface area (Å²) in [5.41, 5.74) is 1.85. The van der Waals surface area contributed by atoms with E-state index in [-0.39, 0.29) is 11.8 Å².